The normalized spacial score (nSPS) is 27.6. The summed E-state index contributed by atoms with van der Waals surface area (Å²) >= 11 is 2.20. The number of nitrogens with zero attached hydrogens (tertiary/aromatic N) is 3. The number of benzene rings is 1. The maximum absolute atomic E-state index is 14.8. The van der Waals surface area contributed by atoms with Crippen LogP contribution in [0.1, 0.15) is 117 Å². The molecular weight excluding hydrogens is 1230 g/mol. The molecule has 494 valence electrons. The first-order valence-corrected chi connectivity index (χ1v) is 32.7. The summed E-state index contributed by atoms with van der Waals surface area (Å²) < 4.78 is 0. The Hall–Kier alpha value is -8.13. The zero-order valence-corrected chi connectivity index (χ0v) is 52.5. The number of hydrogen-bond acceptors (Lipinski definition) is 19. The van der Waals surface area contributed by atoms with Crippen LogP contribution in [0.5, 0.6) is 0 Å². The van der Waals surface area contributed by atoms with Gasteiger partial charge < -0.3 is 67.5 Å². The molecule has 3 saturated heterocycles. The molecule has 0 radical (unpaired) electrons. The van der Waals surface area contributed by atoms with Crippen molar-refractivity contribution in [1.29, 1.82) is 0 Å². The summed E-state index contributed by atoms with van der Waals surface area (Å²) in [4.78, 5) is 213. The van der Waals surface area contributed by atoms with Gasteiger partial charge in [-0.3, -0.25) is 72.0 Å². The van der Waals surface area contributed by atoms with E-state index in [1.165, 1.54) is 16.7 Å². The van der Waals surface area contributed by atoms with Crippen LogP contribution in [0.4, 0.5) is 5.69 Å². The first-order chi connectivity index (χ1) is 43.3. The van der Waals surface area contributed by atoms with Gasteiger partial charge in [-0.1, -0.05) is 40.5 Å². The number of hydroxylamine groups is 2. The molecule has 91 heavy (non-hydrogen) atoms. The van der Waals surface area contributed by atoms with Crippen molar-refractivity contribution < 1.29 is 87.0 Å². The number of aliphatic hydroxyl groups is 1. The van der Waals surface area contributed by atoms with E-state index in [2.05, 4.69) is 47.5 Å². The quantitative estimate of drug-likeness (QED) is 0.0710. The van der Waals surface area contributed by atoms with E-state index in [-0.39, 0.29) is 79.3 Å². The number of anilines is 1. The average molecular weight is 1310 g/mol. The summed E-state index contributed by atoms with van der Waals surface area (Å²) in [5.74, 6) is -13.5. The number of carbonyl (C=O) groups is 15. The Morgan fingerprint density at radius 2 is 1.41 bits per heavy atom. The molecule has 10 atom stereocenters. The second-order valence-corrected chi connectivity index (χ2v) is 26.3. The lowest BCUT2D eigenvalue weighted by atomic mass is 9.82. The average Bonchev–Trinajstić information content (AvgIpc) is 1.88. The second-order valence-electron chi connectivity index (χ2n) is 24.0. The van der Waals surface area contributed by atoms with Crippen molar-refractivity contribution in [2.75, 3.05) is 43.0 Å². The standard InChI is InChI=1S/C59H78N12O18S2/c1-5-28(3)49-54(84)61-23-43(74)63-39-27-91-56-35(20-37(51(81)60-24-44(75)67-49)64-55(85)50(29(4)6-2)68-53(83)40-19-33(72)26-69(40)57(86)38(21-48(79)80)65-52(39)82)34-18-32(13-14-36(34)66-56)62-42(73)8-7-17-90-41-22-47(78)70(58(41)87)25-30-9-11-31(12-10-30)59(88)89-71-45(76)15-16-46(71)77/h13-14,18,28-31,33,37-41,49-50,66,72H,5-12,15-17,19-27H2,1-4H3,(H,60,81)(H,61,84)(H,62,73)(H,63,74)(H,64,85)(H,65,82)(H,67,75)(H,68,83)(H,79,80)/t28-,29?,30?,31?,33+,37+,38-,39-,40-,41?,49-,50-/m0/s1. The van der Waals surface area contributed by atoms with Gasteiger partial charge in [0, 0.05) is 74.0 Å². The highest BCUT2D eigenvalue weighted by Gasteiger charge is 2.46. The Bertz CT molecular complexity index is 3210. The van der Waals surface area contributed by atoms with Gasteiger partial charge in [-0.05, 0) is 79.4 Å². The van der Waals surface area contributed by atoms with Crippen molar-refractivity contribution in [3.05, 3.63) is 23.8 Å². The number of likely N-dealkylation sites (tertiary alicyclic amines) is 1. The van der Waals surface area contributed by atoms with E-state index in [0.717, 1.165) is 16.7 Å². The largest absolute Gasteiger partial charge is 0.481 e. The predicted molar refractivity (Wildman–Crippen MR) is 324 cm³/mol. The number of aliphatic carboxylic acids is 1. The van der Waals surface area contributed by atoms with Crippen LogP contribution in [0.25, 0.3) is 10.9 Å². The monoisotopic (exact) mass is 1310 g/mol. The first kappa shape index (κ1) is 68.8. The number of carboxylic acid groups (broad SMARTS) is 1. The zero-order chi connectivity index (χ0) is 66.0. The number of imide groups is 2. The van der Waals surface area contributed by atoms with E-state index in [0.29, 0.717) is 72.2 Å². The lowest BCUT2D eigenvalue weighted by molar-refractivity contribution is -0.201. The Labute approximate surface area is 531 Å². The minimum Gasteiger partial charge on any atom is -0.481 e. The van der Waals surface area contributed by atoms with E-state index >= 15 is 0 Å². The number of aromatic nitrogens is 1. The molecule has 5 aliphatic heterocycles. The van der Waals surface area contributed by atoms with Crippen molar-refractivity contribution in [3.63, 3.8) is 0 Å². The van der Waals surface area contributed by atoms with Crippen LogP contribution in [0.15, 0.2) is 23.2 Å². The van der Waals surface area contributed by atoms with Gasteiger partial charge in [0.2, 0.25) is 65.0 Å². The molecule has 8 rings (SSSR count). The van der Waals surface area contributed by atoms with Gasteiger partial charge in [-0.15, -0.1) is 28.6 Å². The highest BCUT2D eigenvalue weighted by Crippen LogP contribution is 2.36. The van der Waals surface area contributed by atoms with Crippen LogP contribution in [0, 0.1) is 23.7 Å². The highest BCUT2D eigenvalue weighted by molar-refractivity contribution is 8.00. The van der Waals surface area contributed by atoms with Crippen LogP contribution in [-0.2, 0) is 83.2 Å². The van der Waals surface area contributed by atoms with Crippen LogP contribution in [0.2, 0.25) is 0 Å². The van der Waals surface area contributed by atoms with E-state index in [1.807, 2.05) is 0 Å². The fraction of sp³-hybridized carbons (Fsp3) is 0.610. The van der Waals surface area contributed by atoms with Gasteiger partial charge in [0.05, 0.1) is 41.8 Å². The molecule has 30 nitrogen and oxygen atoms in total. The van der Waals surface area contributed by atoms with Crippen molar-refractivity contribution in [1.82, 2.24) is 57.1 Å². The van der Waals surface area contributed by atoms with Gasteiger partial charge in [-0.25, -0.2) is 4.79 Å². The smallest absolute Gasteiger partial charge is 0.336 e. The predicted octanol–water partition coefficient (Wildman–Crippen LogP) is -0.992. The lowest BCUT2D eigenvalue weighted by Gasteiger charge is -2.31. The summed E-state index contributed by atoms with van der Waals surface area (Å²) in [6, 6.07) is -4.31. The maximum Gasteiger partial charge on any atom is 0.336 e. The molecule has 11 N–H and O–H groups in total. The minimum atomic E-state index is -1.86. The number of fused-ring (bicyclic) bond motifs is 5. The molecule has 4 fully saturated rings. The summed E-state index contributed by atoms with van der Waals surface area (Å²) in [5.41, 5.74) is 1.02. The number of nitrogens with one attached hydrogen (secondary N) is 9. The molecule has 32 heteroatoms. The Morgan fingerprint density at radius 3 is 2.08 bits per heavy atom. The summed E-state index contributed by atoms with van der Waals surface area (Å²) in [6.45, 7) is 5.13. The second kappa shape index (κ2) is 30.8. The molecule has 2 aromatic rings. The van der Waals surface area contributed by atoms with Crippen molar-refractivity contribution >= 4 is 129 Å². The molecule has 6 heterocycles. The van der Waals surface area contributed by atoms with Gasteiger partial charge in [0.25, 0.3) is 11.8 Å². The molecule has 1 aromatic carbocycles. The van der Waals surface area contributed by atoms with Crippen molar-refractivity contribution in [2.45, 2.75) is 170 Å². The van der Waals surface area contributed by atoms with Gasteiger partial charge in [-0.2, -0.15) is 0 Å². The first-order valence-electron chi connectivity index (χ1n) is 30.7. The molecule has 13 amide bonds. The van der Waals surface area contributed by atoms with E-state index in [1.54, 1.807) is 45.9 Å². The van der Waals surface area contributed by atoms with Gasteiger partial charge in [0.1, 0.15) is 36.3 Å². The number of hydrogen-bond donors (Lipinski definition) is 11. The molecule has 0 spiro atoms. The van der Waals surface area contributed by atoms with Crippen molar-refractivity contribution in [2.24, 2.45) is 23.7 Å². The fourth-order valence-corrected chi connectivity index (χ4v) is 14.1. The zero-order valence-electron chi connectivity index (χ0n) is 50.9. The molecule has 1 aliphatic carbocycles. The van der Waals surface area contributed by atoms with E-state index < -0.39 is 168 Å². The van der Waals surface area contributed by atoms with Crippen LogP contribution >= 0.6 is 23.5 Å². The summed E-state index contributed by atoms with van der Waals surface area (Å²) in [7, 11) is 0. The van der Waals surface area contributed by atoms with E-state index in [9.17, 15) is 82.1 Å². The number of amides is 13. The van der Waals surface area contributed by atoms with Crippen LogP contribution in [0.3, 0.4) is 0 Å². The minimum absolute atomic E-state index is 0.0125. The highest BCUT2D eigenvalue weighted by atomic mass is 32.2. The molecule has 1 aromatic heterocycles. The van der Waals surface area contributed by atoms with E-state index in [4.69, 9.17) is 4.84 Å². The van der Waals surface area contributed by atoms with Crippen LogP contribution < -0.4 is 42.5 Å². The Balaban J connectivity index is 1.03. The lowest BCUT2D eigenvalue weighted by Crippen LogP contribution is -2.61. The number of aromatic amines is 1. The SMILES string of the molecule is CCC(C)[C@@H]1NC(=O)[C@@H]2C[C@@H](O)CN2C(=O)[C@H](CC(=O)O)NC(=O)[C@@H]2CSc3[nH]c4ccc(NC(=O)CCCSC5CC(=O)N(CC6CCC(C(=O)ON7C(=O)CCC7=O)CC6)C5=O)cc4c3C[C@@H](NC1=O)C(=O)NCC(=O)N[C@@H]([C@@H](C)CC)C(=O)NCC(=O)N2. The third-order valence-corrected chi connectivity index (χ3v) is 19.9. The molecule has 2 bridgehead atoms. The Kier molecular flexibility index (Phi) is 23.3. The van der Waals surface area contributed by atoms with Crippen LogP contribution in [-0.4, -0.2) is 204 Å². The topological polar surface area (TPSA) is 427 Å². The molecule has 2 unspecified atom stereocenters. The third-order valence-electron chi connectivity index (χ3n) is 17.4. The maximum atomic E-state index is 14.8. The fourth-order valence-electron chi connectivity index (χ4n) is 11.8. The van der Waals surface area contributed by atoms with Crippen molar-refractivity contribution in [3.8, 4) is 0 Å². The Morgan fingerprint density at radius 1 is 0.747 bits per heavy atom. The number of carbonyl (C=O) groups excluding carboxylic acids is 14. The number of thioether (sulfide) groups is 2. The molecular formula is C59H78N12O18S2. The van der Waals surface area contributed by atoms with Gasteiger partial charge >= 0.3 is 11.9 Å². The van der Waals surface area contributed by atoms with Gasteiger partial charge in [0.15, 0.2) is 0 Å². The summed E-state index contributed by atoms with van der Waals surface area (Å²) in [5, 5.41) is 42.3. The third kappa shape index (κ3) is 17.3. The number of H-pyrrole nitrogens is 1. The summed E-state index contributed by atoms with van der Waals surface area (Å²) in [6.07, 6.45) is -0.263. The number of aliphatic hydroxyl groups excluding tert-OH is 1. The number of carboxylic acids is 1. The molecule has 6 aliphatic rings. The number of rotatable bonds is 16. The molecule has 1 saturated carbocycles.